The van der Waals surface area contributed by atoms with Crippen LogP contribution < -0.4 is 0 Å². The SMILES string of the molecule is CC(C)(C)c1cn2ccnc2c2ccccc12. The fraction of sp³-hybridized carbons (Fsp3) is 0.267. The predicted molar refractivity (Wildman–Crippen MR) is 71.4 cm³/mol. The van der Waals surface area contributed by atoms with Gasteiger partial charge < -0.3 is 4.40 Å². The molecule has 0 radical (unpaired) electrons. The van der Waals surface area contributed by atoms with E-state index in [1.165, 1.54) is 16.3 Å². The third-order valence-electron chi connectivity index (χ3n) is 3.20. The summed E-state index contributed by atoms with van der Waals surface area (Å²) in [6.07, 6.45) is 6.07. The van der Waals surface area contributed by atoms with Gasteiger partial charge in [-0.2, -0.15) is 0 Å². The Kier molecular flexibility index (Phi) is 2.02. The first-order valence-corrected chi connectivity index (χ1v) is 5.92. The highest BCUT2D eigenvalue weighted by molar-refractivity contribution is 5.96. The molecular weight excluding hydrogens is 208 g/mol. The van der Waals surface area contributed by atoms with Gasteiger partial charge in [-0.15, -0.1) is 0 Å². The highest BCUT2D eigenvalue weighted by atomic mass is 15.0. The summed E-state index contributed by atoms with van der Waals surface area (Å²) < 4.78 is 2.11. The lowest BCUT2D eigenvalue weighted by Gasteiger charge is -2.21. The molecule has 0 unspecified atom stereocenters. The minimum absolute atomic E-state index is 0.137. The van der Waals surface area contributed by atoms with E-state index in [0.717, 1.165) is 5.65 Å². The lowest BCUT2D eigenvalue weighted by atomic mass is 9.85. The maximum atomic E-state index is 4.43. The van der Waals surface area contributed by atoms with Crippen molar-refractivity contribution in [2.75, 3.05) is 0 Å². The van der Waals surface area contributed by atoms with Crippen LogP contribution in [-0.4, -0.2) is 9.38 Å². The van der Waals surface area contributed by atoms with E-state index in [9.17, 15) is 0 Å². The van der Waals surface area contributed by atoms with Crippen LogP contribution in [0.15, 0.2) is 42.9 Å². The van der Waals surface area contributed by atoms with Gasteiger partial charge in [0, 0.05) is 24.0 Å². The molecule has 2 heterocycles. The molecule has 86 valence electrons. The van der Waals surface area contributed by atoms with E-state index < -0.39 is 0 Å². The van der Waals surface area contributed by atoms with Crippen LogP contribution in [0.2, 0.25) is 0 Å². The van der Waals surface area contributed by atoms with Crippen LogP contribution in [0.5, 0.6) is 0 Å². The largest absolute Gasteiger partial charge is 0.306 e. The van der Waals surface area contributed by atoms with E-state index in [2.05, 4.69) is 60.6 Å². The molecule has 0 amide bonds. The van der Waals surface area contributed by atoms with Crippen molar-refractivity contribution in [2.24, 2.45) is 0 Å². The van der Waals surface area contributed by atoms with Crippen molar-refractivity contribution < 1.29 is 0 Å². The summed E-state index contributed by atoms with van der Waals surface area (Å²) in [4.78, 5) is 4.43. The molecule has 2 nitrogen and oxygen atoms in total. The Morgan fingerprint density at radius 1 is 1.06 bits per heavy atom. The van der Waals surface area contributed by atoms with Crippen LogP contribution in [0.25, 0.3) is 16.4 Å². The molecule has 0 saturated heterocycles. The molecule has 1 aromatic carbocycles. The van der Waals surface area contributed by atoms with Crippen molar-refractivity contribution in [1.29, 1.82) is 0 Å². The van der Waals surface area contributed by atoms with Gasteiger partial charge in [-0.25, -0.2) is 4.98 Å². The van der Waals surface area contributed by atoms with Gasteiger partial charge in [0.25, 0.3) is 0 Å². The fourth-order valence-electron chi connectivity index (χ4n) is 2.35. The molecule has 0 aliphatic heterocycles. The second-order valence-corrected chi connectivity index (χ2v) is 5.50. The molecule has 0 bridgehead atoms. The van der Waals surface area contributed by atoms with E-state index in [-0.39, 0.29) is 5.41 Å². The second kappa shape index (κ2) is 3.33. The molecule has 2 heteroatoms. The summed E-state index contributed by atoms with van der Waals surface area (Å²) in [6.45, 7) is 6.74. The normalized spacial score (nSPS) is 12.4. The first kappa shape index (κ1) is 10.3. The summed E-state index contributed by atoms with van der Waals surface area (Å²) in [6, 6.07) is 8.50. The van der Waals surface area contributed by atoms with Gasteiger partial charge in [0.1, 0.15) is 5.65 Å². The van der Waals surface area contributed by atoms with E-state index in [1.54, 1.807) is 0 Å². The monoisotopic (exact) mass is 224 g/mol. The third kappa shape index (κ3) is 1.52. The van der Waals surface area contributed by atoms with Crippen molar-refractivity contribution in [1.82, 2.24) is 9.38 Å². The maximum absolute atomic E-state index is 4.43. The molecule has 0 saturated carbocycles. The summed E-state index contributed by atoms with van der Waals surface area (Å²) in [7, 11) is 0. The van der Waals surface area contributed by atoms with Crippen molar-refractivity contribution in [3.05, 3.63) is 48.4 Å². The van der Waals surface area contributed by atoms with Gasteiger partial charge in [-0.3, -0.25) is 0 Å². The maximum Gasteiger partial charge on any atom is 0.144 e. The molecule has 0 atom stereocenters. The Hall–Kier alpha value is -1.83. The quantitative estimate of drug-likeness (QED) is 0.568. The first-order chi connectivity index (χ1) is 8.07. The lowest BCUT2D eigenvalue weighted by molar-refractivity contribution is 0.592. The first-order valence-electron chi connectivity index (χ1n) is 5.92. The second-order valence-electron chi connectivity index (χ2n) is 5.50. The molecular formula is C15H16N2. The molecule has 3 aromatic rings. The molecule has 0 aliphatic carbocycles. The number of fused-ring (bicyclic) bond motifs is 3. The Morgan fingerprint density at radius 3 is 2.47 bits per heavy atom. The number of benzene rings is 1. The standard InChI is InChI=1S/C15H16N2/c1-15(2,3)13-10-17-9-8-16-14(17)12-7-5-4-6-11(12)13/h4-10H,1-3H3. The van der Waals surface area contributed by atoms with E-state index >= 15 is 0 Å². The summed E-state index contributed by atoms with van der Waals surface area (Å²) in [5.74, 6) is 0. The van der Waals surface area contributed by atoms with E-state index in [0.29, 0.717) is 0 Å². The minimum atomic E-state index is 0.137. The Balaban J connectivity index is 2.54. The molecule has 2 aromatic heterocycles. The van der Waals surface area contributed by atoms with Crippen LogP contribution in [0.1, 0.15) is 26.3 Å². The number of imidazole rings is 1. The summed E-state index contributed by atoms with van der Waals surface area (Å²) in [5.41, 5.74) is 2.53. The third-order valence-corrected chi connectivity index (χ3v) is 3.20. The molecule has 0 spiro atoms. The van der Waals surface area contributed by atoms with Gasteiger partial charge >= 0.3 is 0 Å². The zero-order valence-corrected chi connectivity index (χ0v) is 10.4. The van der Waals surface area contributed by atoms with Crippen LogP contribution in [0, 0.1) is 0 Å². The van der Waals surface area contributed by atoms with Crippen molar-refractivity contribution in [2.45, 2.75) is 26.2 Å². The number of rotatable bonds is 0. The summed E-state index contributed by atoms with van der Waals surface area (Å²) in [5, 5.41) is 2.53. The molecule has 0 N–H and O–H groups in total. The average Bonchev–Trinajstić information content (AvgIpc) is 2.74. The Morgan fingerprint density at radius 2 is 1.76 bits per heavy atom. The summed E-state index contributed by atoms with van der Waals surface area (Å²) >= 11 is 0. The van der Waals surface area contributed by atoms with Crippen molar-refractivity contribution >= 4 is 16.4 Å². The van der Waals surface area contributed by atoms with Gasteiger partial charge in [-0.1, -0.05) is 45.0 Å². The molecule has 0 fully saturated rings. The topological polar surface area (TPSA) is 17.3 Å². The smallest absolute Gasteiger partial charge is 0.144 e. The Labute approximate surface area is 101 Å². The van der Waals surface area contributed by atoms with Crippen molar-refractivity contribution in [3.8, 4) is 0 Å². The number of pyridine rings is 1. The Bertz CT molecular complexity index is 687. The van der Waals surface area contributed by atoms with Gasteiger partial charge in [0.2, 0.25) is 0 Å². The number of nitrogens with zero attached hydrogens (tertiary/aromatic N) is 2. The molecule has 0 aliphatic rings. The van der Waals surface area contributed by atoms with Crippen LogP contribution in [0.3, 0.4) is 0 Å². The predicted octanol–water partition coefficient (Wildman–Crippen LogP) is 3.79. The number of hydrogen-bond donors (Lipinski definition) is 0. The lowest BCUT2D eigenvalue weighted by Crippen LogP contribution is -2.13. The highest BCUT2D eigenvalue weighted by Crippen LogP contribution is 2.31. The number of aromatic nitrogens is 2. The van der Waals surface area contributed by atoms with Crippen LogP contribution in [-0.2, 0) is 5.41 Å². The van der Waals surface area contributed by atoms with Crippen LogP contribution >= 0.6 is 0 Å². The highest BCUT2D eigenvalue weighted by Gasteiger charge is 2.18. The van der Waals surface area contributed by atoms with Gasteiger partial charge in [0.15, 0.2) is 0 Å². The zero-order valence-electron chi connectivity index (χ0n) is 10.4. The zero-order chi connectivity index (χ0) is 12.0. The van der Waals surface area contributed by atoms with Gasteiger partial charge in [0.05, 0.1) is 0 Å². The minimum Gasteiger partial charge on any atom is -0.306 e. The number of hydrogen-bond acceptors (Lipinski definition) is 1. The average molecular weight is 224 g/mol. The fourth-order valence-corrected chi connectivity index (χ4v) is 2.35. The molecule has 3 rings (SSSR count). The van der Waals surface area contributed by atoms with Crippen molar-refractivity contribution in [3.63, 3.8) is 0 Å². The van der Waals surface area contributed by atoms with Crippen LogP contribution in [0.4, 0.5) is 0 Å². The van der Waals surface area contributed by atoms with E-state index in [4.69, 9.17) is 0 Å². The van der Waals surface area contributed by atoms with E-state index in [1.807, 2.05) is 12.4 Å². The molecule has 17 heavy (non-hydrogen) atoms. The van der Waals surface area contributed by atoms with Gasteiger partial charge in [-0.05, 0) is 16.4 Å².